The number of hydrogen-bond donors (Lipinski definition) is 0. The molecule has 3 aromatic rings. The van der Waals surface area contributed by atoms with Gasteiger partial charge in [0.1, 0.15) is 5.65 Å². The lowest BCUT2D eigenvalue weighted by Gasteiger charge is -2.14. The van der Waals surface area contributed by atoms with Crippen LogP contribution in [0.15, 0.2) is 48.7 Å². The van der Waals surface area contributed by atoms with Gasteiger partial charge in [0, 0.05) is 29.9 Å². The summed E-state index contributed by atoms with van der Waals surface area (Å²) in [6.45, 7) is 1.62. The molecule has 1 amide bonds. The van der Waals surface area contributed by atoms with E-state index in [0.29, 0.717) is 10.7 Å². The number of halogens is 1. The number of amides is 1. The van der Waals surface area contributed by atoms with Crippen molar-refractivity contribution in [3.8, 4) is 11.3 Å². The fourth-order valence-corrected chi connectivity index (χ4v) is 3.22. The number of fused-ring (bicyclic) bond motifs is 1. The van der Waals surface area contributed by atoms with E-state index in [1.54, 1.807) is 0 Å². The van der Waals surface area contributed by atoms with Crippen LogP contribution in [0.2, 0.25) is 5.02 Å². The Morgan fingerprint density at radius 1 is 1.04 bits per heavy atom. The maximum Gasteiger partial charge on any atom is 0.274 e. The monoisotopic (exact) mass is 325 g/mol. The largest absolute Gasteiger partial charge is 0.337 e. The lowest BCUT2D eigenvalue weighted by molar-refractivity contribution is 0.0788. The van der Waals surface area contributed by atoms with Crippen LogP contribution < -0.4 is 0 Å². The molecule has 116 valence electrons. The number of pyridine rings is 1. The van der Waals surface area contributed by atoms with Gasteiger partial charge in [-0.05, 0) is 37.1 Å². The van der Waals surface area contributed by atoms with E-state index in [4.69, 9.17) is 11.6 Å². The molecule has 2 aromatic heterocycles. The van der Waals surface area contributed by atoms with Crippen LogP contribution in [0.3, 0.4) is 0 Å². The molecule has 1 saturated heterocycles. The van der Waals surface area contributed by atoms with Crippen molar-refractivity contribution in [2.24, 2.45) is 0 Å². The Labute approximate surface area is 139 Å². The molecule has 4 rings (SSSR count). The van der Waals surface area contributed by atoms with Crippen LogP contribution in [0.4, 0.5) is 0 Å². The van der Waals surface area contributed by atoms with Crippen LogP contribution in [0.1, 0.15) is 23.3 Å². The molecule has 1 aliphatic heterocycles. The van der Waals surface area contributed by atoms with Gasteiger partial charge in [0.25, 0.3) is 5.91 Å². The quantitative estimate of drug-likeness (QED) is 0.717. The zero-order chi connectivity index (χ0) is 15.8. The van der Waals surface area contributed by atoms with Crippen LogP contribution in [0.5, 0.6) is 0 Å². The molecule has 0 spiro atoms. The Morgan fingerprint density at radius 2 is 1.78 bits per heavy atom. The van der Waals surface area contributed by atoms with Crippen molar-refractivity contribution in [3.63, 3.8) is 0 Å². The van der Waals surface area contributed by atoms with Gasteiger partial charge in [0.2, 0.25) is 0 Å². The minimum Gasteiger partial charge on any atom is -0.337 e. The fourth-order valence-electron chi connectivity index (χ4n) is 3.10. The maximum atomic E-state index is 12.9. The van der Waals surface area contributed by atoms with Gasteiger partial charge >= 0.3 is 0 Å². The Hall–Kier alpha value is -2.33. The SMILES string of the molecule is O=C(c1nc2ccccn2c1-c1ccc(Cl)cc1)N1CCCC1. The molecule has 0 radical (unpaired) electrons. The fraction of sp³-hybridized carbons (Fsp3) is 0.222. The van der Waals surface area contributed by atoms with E-state index < -0.39 is 0 Å². The van der Waals surface area contributed by atoms with Gasteiger partial charge in [-0.1, -0.05) is 29.8 Å². The van der Waals surface area contributed by atoms with E-state index in [1.165, 1.54) is 0 Å². The summed E-state index contributed by atoms with van der Waals surface area (Å²) in [5.41, 5.74) is 3.06. The lowest BCUT2D eigenvalue weighted by Crippen LogP contribution is -2.28. The molecule has 0 unspecified atom stereocenters. The summed E-state index contributed by atoms with van der Waals surface area (Å²) in [4.78, 5) is 19.4. The molecule has 1 aromatic carbocycles. The van der Waals surface area contributed by atoms with Crippen molar-refractivity contribution >= 4 is 23.2 Å². The van der Waals surface area contributed by atoms with Crippen molar-refractivity contribution in [2.45, 2.75) is 12.8 Å². The number of hydrogen-bond acceptors (Lipinski definition) is 2. The number of rotatable bonds is 2. The molecule has 0 bridgehead atoms. The third-order valence-electron chi connectivity index (χ3n) is 4.24. The van der Waals surface area contributed by atoms with E-state index in [-0.39, 0.29) is 5.91 Å². The standard InChI is InChI=1S/C18H16ClN3O/c19-14-8-6-13(7-9-14)17-16(18(23)21-10-3-4-11-21)20-15-5-1-2-12-22(15)17/h1-2,5-9,12H,3-4,10-11H2. The van der Waals surface area contributed by atoms with Crippen molar-refractivity contribution in [3.05, 3.63) is 59.4 Å². The topological polar surface area (TPSA) is 37.6 Å². The first-order valence-corrected chi connectivity index (χ1v) is 8.14. The molecule has 1 aliphatic rings. The molecule has 1 fully saturated rings. The first kappa shape index (κ1) is 14.3. The highest BCUT2D eigenvalue weighted by Gasteiger charge is 2.26. The minimum absolute atomic E-state index is 0.0103. The molecule has 0 saturated carbocycles. The van der Waals surface area contributed by atoms with Gasteiger partial charge in [0.15, 0.2) is 5.69 Å². The van der Waals surface area contributed by atoms with Crippen LogP contribution in [-0.4, -0.2) is 33.3 Å². The second kappa shape index (κ2) is 5.70. The smallest absolute Gasteiger partial charge is 0.274 e. The van der Waals surface area contributed by atoms with Crippen LogP contribution in [0, 0.1) is 0 Å². The van der Waals surface area contributed by atoms with Crippen molar-refractivity contribution in [1.29, 1.82) is 0 Å². The molecule has 23 heavy (non-hydrogen) atoms. The van der Waals surface area contributed by atoms with Crippen LogP contribution >= 0.6 is 11.6 Å². The Kier molecular flexibility index (Phi) is 3.54. The summed E-state index contributed by atoms with van der Waals surface area (Å²) in [6, 6.07) is 13.3. The Balaban J connectivity index is 1.90. The van der Waals surface area contributed by atoms with Gasteiger partial charge in [-0.25, -0.2) is 4.98 Å². The van der Waals surface area contributed by atoms with Crippen LogP contribution in [-0.2, 0) is 0 Å². The molecule has 4 nitrogen and oxygen atoms in total. The summed E-state index contributed by atoms with van der Waals surface area (Å²) >= 11 is 6.00. The normalized spacial score (nSPS) is 14.6. The minimum atomic E-state index is 0.0103. The van der Waals surface area contributed by atoms with Gasteiger partial charge < -0.3 is 4.90 Å². The Morgan fingerprint density at radius 3 is 2.52 bits per heavy atom. The predicted molar refractivity (Wildman–Crippen MR) is 90.8 cm³/mol. The zero-order valence-corrected chi connectivity index (χ0v) is 13.3. The zero-order valence-electron chi connectivity index (χ0n) is 12.6. The number of carbonyl (C=O) groups is 1. The summed E-state index contributed by atoms with van der Waals surface area (Å²) in [5.74, 6) is 0.0103. The number of carbonyl (C=O) groups excluding carboxylic acids is 1. The second-order valence-electron chi connectivity index (χ2n) is 5.74. The Bertz CT molecular complexity index is 864. The summed E-state index contributed by atoms with van der Waals surface area (Å²) < 4.78 is 1.96. The second-order valence-corrected chi connectivity index (χ2v) is 6.18. The number of benzene rings is 1. The molecule has 3 heterocycles. The molecule has 0 N–H and O–H groups in total. The highest BCUT2D eigenvalue weighted by molar-refractivity contribution is 6.30. The predicted octanol–water partition coefficient (Wildman–Crippen LogP) is 3.89. The lowest BCUT2D eigenvalue weighted by atomic mass is 10.1. The molecular formula is C18H16ClN3O. The molecule has 0 atom stereocenters. The number of nitrogens with zero attached hydrogens (tertiary/aromatic N) is 3. The summed E-state index contributed by atoms with van der Waals surface area (Å²) in [5, 5.41) is 0.676. The van der Waals surface area contributed by atoms with E-state index in [0.717, 1.165) is 42.8 Å². The summed E-state index contributed by atoms with van der Waals surface area (Å²) in [7, 11) is 0. The van der Waals surface area contributed by atoms with E-state index >= 15 is 0 Å². The third-order valence-corrected chi connectivity index (χ3v) is 4.50. The summed E-state index contributed by atoms with van der Waals surface area (Å²) in [6.07, 6.45) is 4.07. The molecule has 5 heteroatoms. The average molecular weight is 326 g/mol. The third kappa shape index (κ3) is 2.49. The first-order valence-electron chi connectivity index (χ1n) is 7.76. The highest BCUT2D eigenvalue weighted by atomic mass is 35.5. The maximum absolute atomic E-state index is 12.9. The first-order chi connectivity index (χ1) is 11.2. The van der Waals surface area contributed by atoms with Crippen molar-refractivity contribution in [2.75, 3.05) is 13.1 Å². The van der Waals surface area contributed by atoms with Gasteiger partial charge in [-0.2, -0.15) is 0 Å². The average Bonchev–Trinajstić information content (AvgIpc) is 3.23. The molecule has 0 aliphatic carbocycles. The van der Waals surface area contributed by atoms with Crippen molar-refractivity contribution < 1.29 is 4.79 Å². The van der Waals surface area contributed by atoms with Gasteiger partial charge in [-0.3, -0.25) is 9.20 Å². The van der Waals surface area contributed by atoms with E-state index in [9.17, 15) is 4.79 Å². The number of imidazole rings is 1. The highest BCUT2D eigenvalue weighted by Crippen LogP contribution is 2.28. The van der Waals surface area contributed by atoms with Gasteiger partial charge in [0.05, 0.1) is 5.69 Å². The number of likely N-dealkylation sites (tertiary alicyclic amines) is 1. The number of aromatic nitrogens is 2. The van der Waals surface area contributed by atoms with Crippen LogP contribution in [0.25, 0.3) is 16.9 Å². The van der Waals surface area contributed by atoms with Crippen molar-refractivity contribution in [1.82, 2.24) is 14.3 Å². The van der Waals surface area contributed by atoms with E-state index in [2.05, 4.69) is 4.98 Å². The molecular weight excluding hydrogens is 310 g/mol. The van der Waals surface area contributed by atoms with E-state index in [1.807, 2.05) is 58.0 Å². The van der Waals surface area contributed by atoms with Gasteiger partial charge in [-0.15, -0.1) is 0 Å².